The summed E-state index contributed by atoms with van der Waals surface area (Å²) in [4.78, 5) is 2.78. The van der Waals surface area contributed by atoms with Crippen molar-refractivity contribution >= 4 is 0 Å². The number of piperazine rings is 1. The lowest BCUT2D eigenvalue weighted by Gasteiger charge is -2.46. The third kappa shape index (κ3) is 4.46. The lowest BCUT2D eigenvalue weighted by atomic mass is 9.83. The fraction of sp³-hybridized carbons (Fsp3) is 1.00. The normalized spacial score (nSPS) is 30.0. The molecule has 2 atom stereocenters. The minimum Gasteiger partial charge on any atom is -0.311 e. The van der Waals surface area contributed by atoms with Crippen molar-refractivity contribution in [2.45, 2.75) is 72.4 Å². The largest absolute Gasteiger partial charge is 0.311 e. The van der Waals surface area contributed by atoms with E-state index in [1.807, 2.05) is 0 Å². The predicted octanol–water partition coefficient (Wildman–Crippen LogP) is 3.52. The van der Waals surface area contributed by atoms with E-state index in [0.717, 1.165) is 17.9 Å². The zero-order chi connectivity index (χ0) is 14.0. The quantitative estimate of drug-likeness (QED) is 0.819. The molecule has 0 aromatic heterocycles. The van der Waals surface area contributed by atoms with Crippen molar-refractivity contribution in [2.24, 2.45) is 17.3 Å². The Balaban J connectivity index is 1.87. The Hall–Kier alpha value is -0.0800. The van der Waals surface area contributed by atoms with Gasteiger partial charge in [-0.15, -0.1) is 0 Å². The van der Waals surface area contributed by atoms with Crippen molar-refractivity contribution in [2.75, 3.05) is 19.6 Å². The van der Waals surface area contributed by atoms with Crippen molar-refractivity contribution in [3.63, 3.8) is 0 Å². The molecule has 0 radical (unpaired) electrons. The van der Waals surface area contributed by atoms with Gasteiger partial charge in [-0.05, 0) is 36.6 Å². The van der Waals surface area contributed by atoms with Crippen LogP contribution in [0.5, 0.6) is 0 Å². The molecule has 19 heavy (non-hydrogen) atoms. The molecule has 2 fully saturated rings. The third-order valence-electron chi connectivity index (χ3n) is 5.03. The SMILES string of the molecule is CC(C)C1CNC(C(C)(C)C)CN1CCCC1CC1. The molecule has 0 amide bonds. The molecule has 2 heteroatoms. The van der Waals surface area contributed by atoms with Crippen LogP contribution in [0, 0.1) is 17.3 Å². The van der Waals surface area contributed by atoms with Crippen LogP contribution < -0.4 is 5.32 Å². The summed E-state index contributed by atoms with van der Waals surface area (Å²) in [6.45, 7) is 15.6. The van der Waals surface area contributed by atoms with Gasteiger partial charge in [0.1, 0.15) is 0 Å². The predicted molar refractivity (Wildman–Crippen MR) is 83.4 cm³/mol. The topological polar surface area (TPSA) is 15.3 Å². The lowest BCUT2D eigenvalue weighted by Crippen LogP contribution is -2.61. The molecule has 0 aromatic carbocycles. The molecule has 2 aliphatic rings. The monoisotopic (exact) mass is 266 g/mol. The Labute approximate surface area is 120 Å². The van der Waals surface area contributed by atoms with E-state index in [0.29, 0.717) is 11.5 Å². The number of hydrogen-bond donors (Lipinski definition) is 1. The molecule has 0 spiro atoms. The highest BCUT2D eigenvalue weighted by atomic mass is 15.2. The molecular formula is C17H34N2. The van der Waals surface area contributed by atoms with Crippen LogP contribution in [-0.4, -0.2) is 36.6 Å². The van der Waals surface area contributed by atoms with Crippen LogP contribution >= 0.6 is 0 Å². The van der Waals surface area contributed by atoms with E-state index in [1.165, 1.54) is 45.3 Å². The Bertz CT molecular complexity index is 275. The molecule has 1 aliphatic carbocycles. The first kappa shape index (κ1) is 15.3. The highest BCUT2D eigenvalue weighted by Gasteiger charge is 2.35. The minimum atomic E-state index is 0.372. The van der Waals surface area contributed by atoms with E-state index >= 15 is 0 Å². The average molecular weight is 266 g/mol. The van der Waals surface area contributed by atoms with Crippen LogP contribution in [0.3, 0.4) is 0 Å². The molecule has 1 saturated heterocycles. The Morgan fingerprint density at radius 3 is 2.42 bits per heavy atom. The van der Waals surface area contributed by atoms with Crippen molar-refractivity contribution in [3.05, 3.63) is 0 Å². The molecule has 0 bridgehead atoms. The van der Waals surface area contributed by atoms with E-state index in [2.05, 4.69) is 44.8 Å². The summed E-state index contributed by atoms with van der Waals surface area (Å²) in [7, 11) is 0. The summed E-state index contributed by atoms with van der Waals surface area (Å²) in [6.07, 6.45) is 5.87. The maximum absolute atomic E-state index is 3.79. The average Bonchev–Trinajstić information content (AvgIpc) is 3.11. The van der Waals surface area contributed by atoms with Crippen LogP contribution in [0.1, 0.15) is 60.3 Å². The van der Waals surface area contributed by atoms with Crippen LogP contribution in [0.2, 0.25) is 0 Å². The van der Waals surface area contributed by atoms with E-state index < -0.39 is 0 Å². The van der Waals surface area contributed by atoms with Crippen LogP contribution in [0.4, 0.5) is 0 Å². The number of nitrogens with zero attached hydrogens (tertiary/aromatic N) is 1. The minimum absolute atomic E-state index is 0.372. The third-order valence-corrected chi connectivity index (χ3v) is 5.03. The van der Waals surface area contributed by atoms with Crippen molar-refractivity contribution < 1.29 is 0 Å². The zero-order valence-corrected chi connectivity index (χ0v) is 13.7. The number of hydrogen-bond acceptors (Lipinski definition) is 2. The maximum atomic E-state index is 3.79. The Kier molecular flexibility index (Phi) is 4.94. The van der Waals surface area contributed by atoms with Gasteiger partial charge in [0.2, 0.25) is 0 Å². The molecule has 1 heterocycles. The van der Waals surface area contributed by atoms with E-state index in [9.17, 15) is 0 Å². The first-order valence-corrected chi connectivity index (χ1v) is 8.35. The van der Waals surface area contributed by atoms with Gasteiger partial charge in [-0.3, -0.25) is 4.90 Å². The van der Waals surface area contributed by atoms with Gasteiger partial charge in [0.15, 0.2) is 0 Å². The van der Waals surface area contributed by atoms with Crippen LogP contribution in [0.15, 0.2) is 0 Å². The van der Waals surface area contributed by atoms with E-state index in [4.69, 9.17) is 0 Å². The van der Waals surface area contributed by atoms with Gasteiger partial charge in [-0.25, -0.2) is 0 Å². The van der Waals surface area contributed by atoms with Gasteiger partial charge >= 0.3 is 0 Å². The molecular weight excluding hydrogens is 232 g/mol. The summed E-state index contributed by atoms with van der Waals surface area (Å²) in [5.41, 5.74) is 0.372. The fourth-order valence-electron chi connectivity index (χ4n) is 3.31. The lowest BCUT2D eigenvalue weighted by molar-refractivity contribution is 0.0617. The van der Waals surface area contributed by atoms with Gasteiger partial charge < -0.3 is 5.32 Å². The number of nitrogens with one attached hydrogen (secondary N) is 1. The fourth-order valence-corrected chi connectivity index (χ4v) is 3.31. The Morgan fingerprint density at radius 2 is 1.89 bits per heavy atom. The molecule has 2 unspecified atom stereocenters. The standard InChI is InChI=1S/C17H34N2/c1-13(2)15-11-18-16(17(3,4)5)12-19(15)10-6-7-14-8-9-14/h13-16,18H,6-12H2,1-5H3. The second-order valence-corrected chi connectivity index (χ2v) is 8.22. The molecule has 2 rings (SSSR count). The summed E-state index contributed by atoms with van der Waals surface area (Å²) < 4.78 is 0. The van der Waals surface area contributed by atoms with Crippen molar-refractivity contribution in [1.29, 1.82) is 0 Å². The van der Waals surface area contributed by atoms with Crippen LogP contribution in [0.25, 0.3) is 0 Å². The van der Waals surface area contributed by atoms with Crippen molar-refractivity contribution in [1.82, 2.24) is 10.2 Å². The van der Waals surface area contributed by atoms with Gasteiger partial charge in [0.25, 0.3) is 0 Å². The van der Waals surface area contributed by atoms with E-state index in [1.54, 1.807) is 0 Å². The van der Waals surface area contributed by atoms with Gasteiger partial charge in [0.05, 0.1) is 0 Å². The molecule has 1 saturated carbocycles. The van der Waals surface area contributed by atoms with E-state index in [-0.39, 0.29) is 0 Å². The van der Waals surface area contributed by atoms with Crippen LogP contribution in [-0.2, 0) is 0 Å². The molecule has 0 aromatic rings. The molecule has 2 nitrogen and oxygen atoms in total. The summed E-state index contributed by atoms with van der Waals surface area (Å²) in [5.74, 6) is 1.84. The smallest absolute Gasteiger partial charge is 0.0244 e. The van der Waals surface area contributed by atoms with Gasteiger partial charge in [-0.2, -0.15) is 0 Å². The first-order chi connectivity index (χ1) is 8.88. The second-order valence-electron chi connectivity index (χ2n) is 8.22. The highest BCUT2D eigenvalue weighted by Crippen LogP contribution is 2.34. The first-order valence-electron chi connectivity index (χ1n) is 8.35. The maximum Gasteiger partial charge on any atom is 0.0244 e. The van der Waals surface area contributed by atoms with Crippen molar-refractivity contribution in [3.8, 4) is 0 Å². The molecule has 112 valence electrons. The second kappa shape index (κ2) is 6.13. The molecule has 1 aliphatic heterocycles. The number of rotatable bonds is 5. The summed E-state index contributed by atoms with van der Waals surface area (Å²) in [6, 6.07) is 1.38. The van der Waals surface area contributed by atoms with Gasteiger partial charge in [0, 0.05) is 25.2 Å². The summed E-state index contributed by atoms with van der Waals surface area (Å²) >= 11 is 0. The van der Waals surface area contributed by atoms with Gasteiger partial charge in [-0.1, -0.05) is 47.5 Å². The highest BCUT2D eigenvalue weighted by molar-refractivity contribution is 4.93. The Morgan fingerprint density at radius 1 is 1.21 bits per heavy atom. The zero-order valence-electron chi connectivity index (χ0n) is 13.7. The summed E-state index contributed by atoms with van der Waals surface area (Å²) in [5, 5.41) is 3.79. The molecule has 1 N–H and O–H groups in total.